The number of aryl methyl sites for hydroxylation is 1. The molecule has 0 amide bonds. The summed E-state index contributed by atoms with van der Waals surface area (Å²) in [6.07, 6.45) is 3.72. The van der Waals surface area contributed by atoms with Crippen LogP contribution in [0.25, 0.3) is 10.1 Å². The zero-order valence-electron chi connectivity index (χ0n) is 7.97. The largest absolute Gasteiger partial charge is 0.263 e. The van der Waals surface area contributed by atoms with Gasteiger partial charge in [0.15, 0.2) is 0 Å². The lowest BCUT2D eigenvalue weighted by Gasteiger charge is -1.86. The van der Waals surface area contributed by atoms with Crippen molar-refractivity contribution in [2.75, 3.05) is 0 Å². The predicted octanol–water partition coefficient (Wildman–Crippen LogP) is 4.39. The fourth-order valence-electron chi connectivity index (χ4n) is 1.04. The van der Waals surface area contributed by atoms with Gasteiger partial charge in [-0.15, -0.1) is 11.3 Å². The second-order valence-corrected chi connectivity index (χ2v) is 4.39. The van der Waals surface area contributed by atoms with Crippen LogP contribution in [0, 0.1) is 6.92 Å². The van der Waals surface area contributed by atoms with Gasteiger partial charge < -0.3 is 0 Å². The molecule has 13 heavy (non-hydrogen) atoms. The fourth-order valence-corrected chi connectivity index (χ4v) is 2.68. The first-order chi connectivity index (χ1) is 6.29. The Hall–Kier alpha value is -0.410. The maximum Gasteiger partial charge on any atom is 0.0540 e. The zero-order valence-corrected chi connectivity index (χ0v) is 10.4. The number of nitrogens with zero attached hydrogens (tertiary/aromatic N) is 1. The van der Waals surface area contributed by atoms with Crippen molar-refractivity contribution in [2.24, 2.45) is 0 Å². The summed E-state index contributed by atoms with van der Waals surface area (Å²) >= 11 is 5.30. The second-order valence-electron chi connectivity index (χ2n) is 2.34. The molecule has 0 aliphatic heterocycles. The predicted molar refractivity (Wildman–Crippen MR) is 63.4 cm³/mol. The van der Waals surface area contributed by atoms with Gasteiger partial charge in [0.2, 0.25) is 0 Å². The Labute approximate surface area is 90.9 Å². The minimum Gasteiger partial charge on any atom is -0.263 e. The minimum atomic E-state index is 1.21. The van der Waals surface area contributed by atoms with E-state index >= 15 is 0 Å². The van der Waals surface area contributed by atoms with E-state index in [4.69, 9.17) is 0 Å². The number of hydrogen-bond donors (Lipinski definition) is 0. The molecule has 2 aromatic heterocycles. The van der Waals surface area contributed by atoms with Crippen molar-refractivity contribution in [3.63, 3.8) is 0 Å². The molecule has 0 fully saturated rings. The highest BCUT2D eigenvalue weighted by atomic mass is 79.9. The molecule has 0 atom stereocenters. The lowest BCUT2D eigenvalue weighted by atomic mass is 10.3. The normalized spacial score (nSPS) is 9.54. The van der Waals surface area contributed by atoms with Crippen molar-refractivity contribution in [2.45, 2.75) is 20.8 Å². The van der Waals surface area contributed by atoms with Gasteiger partial charge in [-0.3, -0.25) is 4.98 Å². The molecule has 0 aliphatic carbocycles. The third kappa shape index (κ3) is 2.09. The molecule has 0 saturated heterocycles. The van der Waals surface area contributed by atoms with Crippen LogP contribution in [0.4, 0.5) is 0 Å². The van der Waals surface area contributed by atoms with Crippen molar-refractivity contribution in [3.05, 3.63) is 27.8 Å². The number of aromatic nitrogens is 1. The van der Waals surface area contributed by atoms with Crippen LogP contribution in [0.2, 0.25) is 0 Å². The highest BCUT2D eigenvalue weighted by Crippen LogP contribution is 2.33. The summed E-state index contributed by atoms with van der Waals surface area (Å²) in [5.74, 6) is 0. The number of pyridine rings is 1. The summed E-state index contributed by atoms with van der Waals surface area (Å²) in [6.45, 7) is 6.11. The number of halogens is 1. The number of rotatable bonds is 0. The maximum absolute atomic E-state index is 4.06. The molecule has 0 bridgehead atoms. The Kier molecular flexibility index (Phi) is 3.88. The number of hydrogen-bond acceptors (Lipinski definition) is 2. The summed E-state index contributed by atoms with van der Waals surface area (Å²) in [6, 6.07) is 2.03. The summed E-state index contributed by atoms with van der Waals surface area (Å²) in [4.78, 5) is 5.37. The van der Waals surface area contributed by atoms with Gasteiger partial charge in [-0.1, -0.05) is 13.8 Å². The van der Waals surface area contributed by atoms with Gasteiger partial charge in [-0.05, 0) is 28.9 Å². The van der Waals surface area contributed by atoms with E-state index in [-0.39, 0.29) is 0 Å². The monoisotopic (exact) mass is 257 g/mol. The van der Waals surface area contributed by atoms with Crippen molar-refractivity contribution in [1.82, 2.24) is 4.98 Å². The van der Waals surface area contributed by atoms with E-state index in [0.29, 0.717) is 0 Å². The van der Waals surface area contributed by atoms with E-state index in [1.54, 1.807) is 11.3 Å². The topological polar surface area (TPSA) is 12.9 Å². The zero-order chi connectivity index (χ0) is 9.84. The van der Waals surface area contributed by atoms with E-state index in [1.165, 1.54) is 19.4 Å². The summed E-state index contributed by atoms with van der Waals surface area (Å²) < 4.78 is 2.46. The number of thiophene rings is 1. The Morgan fingerprint density at radius 1 is 1.38 bits per heavy atom. The molecule has 0 spiro atoms. The standard InChI is InChI=1S/C8H6BrNS.C2H6/c1-5-8(9)6-2-3-10-4-7(6)11-5;1-2/h2-4H,1H3;1-2H3. The van der Waals surface area contributed by atoms with Crippen LogP contribution >= 0.6 is 27.3 Å². The minimum absolute atomic E-state index is 1.21. The fraction of sp³-hybridized carbons (Fsp3) is 0.300. The Morgan fingerprint density at radius 3 is 2.69 bits per heavy atom. The second kappa shape index (κ2) is 4.72. The Balaban J connectivity index is 0.000000396. The van der Waals surface area contributed by atoms with Crippen LogP contribution in [0.3, 0.4) is 0 Å². The van der Waals surface area contributed by atoms with Gasteiger partial charge in [0.1, 0.15) is 0 Å². The van der Waals surface area contributed by atoms with Gasteiger partial charge in [0.25, 0.3) is 0 Å². The van der Waals surface area contributed by atoms with E-state index in [9.17, 15) is 0 Å². The molecule has 0 unspecified atom stereocenters. The lowest BCUT2D eigenvalue weighted by Crippen LogP contribution is -1.66. The lowest BCUT2D eigenvalue weighted by molar-refractivity contribution is 1.37. The summed E-state index contributed by atoms with van der Waals surface area (Å²) in [7, 11) is 0. The van der Waals surface area contributed by atoms with Crippen molar-refractivity contribution in [3.8, 4) is 0 Å². The molecule has 0 saturated carbocycles. The highest BCUT2D eigenvalue weighted by Gasteiger charge is 2.04. The molecule has 0 N–H and O–H groups in total. The van der Waals surface area contributed by atoms with Crippen LogP contribution < -0.4 is 0 Å². The van der Waals surface area contributed by atoms with Crippen LogP contribution in [0.5, 0.6) is 0 Å². The molecule has 70 valence electrons. The molecule has 2 heterocycles. The average molecular weight is 258 g/mol. The van der Waals surface area contributed by atoms with Crippen molar-refractivity contribution >= 4 is 37.4 Å². The maximum atomic E-state index is 4.06. The highest BCUT2D eigenvalue weighted by molar-refractivity contribution is 9.10. The average Bonchev–Trinajstić information content (AvgIpc) is 2.47. The quantitative estimate of drug-likeness (QED) is 0.682. The van der Waals surface area contributed by atoms with Crippen LogP contribution in [0.1, 0.15) is 18.7 Å². The molecular weight excluding hydrogens is 246 g/mol. The number of fused-ring (bicyclic) bond motifs is 1. The van der Waals surface area contributed by atoms with Crippen molar-refractivity contribution in [1.29, 1.82) is 0 Å². The molecule has 2 aromatic rings. The van der Waals surface area contributed by atoms with E-state index in [2.05, 4.69) is 27.8 Å². The summed E-state index contributed by atoms with van der Waals surface area (Å²) in [5, 5.41) is 1.27. The first-order valence-electron chi connectivity index (χ1n) is 4.27. The molecule has 0 aromatic carbocycles. The van der Waals surface area contributed by atoms with E-state index in [1.807, 2.05) is 32.3 Å². The smallest absolute Gasteiger partial charge is 0.0540 e. The Morgan fingerprint density at radius 2 is 2.08 bits per heavy atom. The van der Waals surface area contributed by atoms with Crippen LogP contribution in [0.15, 0.2) is 22.9 Å². The van der Waals surface area contributed by atoms with Gasteiger partial charge in [-0.25, -0.2) is 0 Å². The van der Waals surface area contributed by atoms with Gasteiger partial charge in [0.05, 0.1) is 4.70 Å². The first-order valence-corrected chi connectivity index (χ1v) is 5.88. The third-order valence-corrected chi connectivity index (χ3v) is 3.93. The van der Waals surface area contributed by atoms with Crippen LogP contribution in [-0.4, -0.2) is 4.98 Å². The molecule has 3 heteroatoms. The molecular formula is C10H12BrNS. The molecule has 2 rings (SSSR count). The molecule has 0 aliphatic rings. The van der Waals surface area contributed by atoms with E-state index < -0.39 is 0 Å². The SMILES string of the molecule is CC.Cc1sc2cnccc2c1Br. The van der Waals surface area contributed by atoms with Crippen molar-refractivity contribution < 1.29 is 0 Å². The Bertz CT molecular complexity index is 395. The first kappa shape index (κ1) is 10.7. The van der Waals surface area contributed by atoms with Gasteiger partial charge in [0, 0.05) is 27.1 Å². The molecule has 1 nitrogen and oxygen atoms in total. The molecule has 0 radical (unpaired) electrons. The van der Waals surface area contributed by atoms with E-state index in [0.717, 1.165) is 0 Å². The summed E-state index contributed by atoms with van der Waals surface area (Å²) in [5.41, 5.74) is 0. The van der Waals surface area contributed by atoms with Gasteiger partial charge in [-0.2, -0.15) is 0 Å². The van der Waals surface area contributed by atoms with Gasteiger partial charge >= 0.3 is 0 Å². The third-order valence-electron chi connectivity index (χ3n) is 1.59. The van der Waals surface area contributed by atoms with Crippen LogP contribution in [-0.2, 0) is 0 Å².